The summed E-state index contributed by atoms with van der Waals surface area (Å²) in [6, 6.07) is 10.5. The quantitative estimate of drug-likeness (QED) is 0.623. The van der Waals surface area contributed by atoms with Crippen LogP contribution in [-0.2, 0) is 4.79 Å². The lowest BCUT2D eigenvalue weighted by Gasteiger charge is -2.20. The van der Waals surface area contributed by atoms with Gasteiger partial charge in [-0.25, -0.2) is 4.79 Å². The summed E-state index contributed by atoms with van der Waals surface area (Å²) in [4.78, 5) is 26.6. The van der Waals surface area contributed by atoms with E-state index in [-0.39, 0.29) is 11.9 Å². The molecule has 0 saturated carbocycles. The number of carbonyl (C=O) groups excluding carboxylic acids is 2. The Balaban J connectivity index is 1.32. The third kappa shape index (κ3) is 5.73. The second-order valence-corrected chi connectivity index (χ2v) is 8.17. The molecule has 0 unspecified atom stereocenters. The summed E-state index contributed by atoms with van der Waals surface area (Å²) in [7, 11) is 0. The van der Waals surface area contributed by atoms with Gasteiger partial charge in [0.1, 0.15) is 13.2 Å². The molecular weight excluding hydrogens is 430 g/mol. The molecule has 0 bridgehead atoms. The number of hydrogen-bond acceptors (Lipinski definition) is 4. The van der Waals surface area contributed by atoms with Gasteiger partial charge in [-0.1, -0.05) is 24.4 Å². The first-order valence-electron chi connectivity index (χ1n) is 10.8. The van der Waals surface area contributed by atoms with E-state index in [0.29, 0.717) is 41.1 Å². The molecule has 8 heteroatoms. The zero-order chi connectivity index (χ0) is 22.3. The highest BCUT2D eigenvalue weighted by Gasteiger charge is 2.17. The Morgan fingerprint density at radius 1 is 0.906 bits per heavy atom. The minimum absolute atomic E-state index is 0.0790. The lowest BCUT2D eigenvalue weighted by molar-refractivity contribution is -0.111. The van der Waals surface area contributed by atoms with Gasteiger partial charge in [0.25, 0.3) is 0 Å². The number of rotatable bonds is 4. The van der Waals surface area contributed by atoms with Gasteiger partial charge in [-0.3, -0.25) is 4.79 Å². The highest BCUT2D eigenvalue weighted by molar-refractivity contribution is 6.32. The van der Waals surface area contributed by atoms with Crippen molar-refractivity contribution in [3.05, 3.63) is 53.1 Å². The number of hydrogen-bond donors (Lipinski definition) is 2. The molecule has 1 saturated heterocycles. The monoisotopic (exact) mass is 455 g/mol. The van der Waals surface area contributed by atoms with Crippen LogP contribution in [0, 0.1) is 0 Å². The number of anilines is 2. The van der Waals surface area contributed by atoms with Crippen molar-refractivity contribution in [3.63, 3.8) is 0 Å². The van der Waals surface area contributed by atoms with Gasteiger partial charge in [0.2, 0.25) is 5.91 Å². The molecule has 1 fully saturated rings. The molecule has 168 valence electrons. The van der Waals surface area contributed by atoms with Gasteiger partial charge >= 0.3 is 6.03 Å². The molecule has 2 aliphatic rings. The van der Waals surface area contributed by atoms with Crippen LogP contribution in [-0.4, -0.2) is 43.1 Å². The standard InChI is InChI=1S/C24H26ClN3O4/c25-20-15-17(16-21-23(20)32-14-13-31-21)5-10-22(29)26-18-6-8-19(9-7-18)27-24(30)28-11-3-1-2-4-12-28/h5-10,15-16H,1-4,11-14H2,(H,26,29)(H,27,30)/b10-5+. The SMILES string of the molecule is O=C(/C=C/c1cc(Cl)c2c(c1)OCCO2)Nc1ccc(NC(=O)N2CCCCCC2)cc1. The number of likely N-dealkylation sites (tertiary alicyclic amines) is 1. The van der Waals surface area contributed by atoms with Gasteiger partial charge in [-0.15, -0.1) is 0 Å². The van der Waals surface area contributed by atoms with E-state index in [2.05, 4.69) is 10.6 Å². The zero-order valence-corrected chi connectivity index (χ0v) is 18.5. The molecule has 2 aromatic rings. The molecule has 2 N–H and O–H groups in total. The van der Waals surface area contributed by atoms with E-state index in [1.807, 2.05) is 4.90 Å². The number of fused-ring (bicyclic) bond motifs is 1. The van der Waals surface area contributed by atoms with Crippen LogP contribution in [0.15, 0.2) is 42.5 Å². The molecule has 0 radical (unpaired) electrons. The Bertz CT molecular complexity index is 999. The summed E-state index contributed by atoms with van der Waals surface area (Å²) in [6.07, 6.45) is 7.53. The Kier molecular flexibility index (Phi) is 7.17. The minimum Gasteiger partial charge on any atom is -0.486 e. The number of benzene rings is 2. The number of carbonyl (C=O) groups is 2. The molecule has 0 aliphatic carbocycles. The summed E-state index contributed by atoms with van der Waals surface area (Å²) in [5.74, 6) is 0.821. The third-order valence-electron chi connectivity index (χ3n) is 5.34. The maximum Gasteiger partial charge on any atom is 0.321 e. The zero-order valence-electron chi connectivity index (χ0n) is 17.7. The van der Waals surface area contributed by atoms with E-state index >= 15 is 0 Å². The van der Waals surface area contributed by atoms with Crippen molar-refractivity contribution >= 4 is 41.0 Å². The summed E-state index contributed by atoms with van der Waals surface area (Å²) in [6.45, 7) is 2.51. The predicted molar refractivity (Wildman–Crippen MR) is 126 cm³/mol. The van der Waals surface area contributed by atoms with Crippen molar-refractivity contribution in [2.75, 3.05) is 36.9 Å². The number of urea groups is 1. The van der Waals surface area contributed by atoms with Crippen molar-refractivity contribution in [1.29, 1.82) is 0 Å². The molecule has 0 aromatic heterocycles. The second kappa shape index (κ2) is 10.4. The number of halogens is 1. The first-order chi connectivity index (χ1) is 15.6. The molecule has 0 spiro atoms. The van der Waals surface area contributed by atoms with Crippen molar-refractivity contribution < 1.29 is 19.1 Å². The second-order valence-electron chi connectivity index (χ2n) is 7.76. The Morgan fingerprint density at radius 2 is 1.56 bits per heavy atom. The van der Waals surface area contributed by atoms with Crippen LogP contribution in [0.5, 0.6) is 11.5 Å². The molecule has 2 aliphatic heterocycles. The Morgan fingerprint density at radius 3 is 2.28 bits per heavy atom. The van der Waals surface area contributed by atoms with Crippen LogP contribution in [0.4, 0.5) is 16.2 Å². The van der Waals surface area contributed by atoms with Gasteiger partial charge in [-0.2, -0.15) is 0 Å². The Hall–Kier alpha value is -3.19. The maximum absolute atomic E-state index is 12.4. The molecule has 2 heterocycles. The van der Waals surface area contributed by atoms with Crippen molar-refractivity contribution in [2.45, 2.75) is 25.7 Å². The lowest BCUT2D eigenvalue weighted by Crippen LogP contribution is -2.35. The smallest absolute Gasteiger partial charge is 0.321 e. The van der Waals surface area contributed by atoms with Crippen molar-refractivity contribution in [1.82, 2.24) is 4.90 Å². The van der Waals surface area contributed by atoms with Crippen LogP contribution >= 0.6 is 11.6 Å². The molecule has 2 aromatic carbocycles. The van der Waals surface area contributed by atoms with Gasteiger partial charge in [0.15, 0.2) is 11.5 Å². The number of nitrogens with zero attached hydrogens (tertiary/aromatic N) is 1. The van der Waals surface area contributed by atoms with E-state index in [0.717, 1.165) is 31.5 Å². The highest BCUT2D eigenvalue weighted by Crippen LogP contribution is 2.38. The topological polar surface area (TPSA) is 79.9 Å². The highest BCUT2D eigenvalue weighted by atomic mass is 35.5. The molecular formula is C24H26ClN3O4. The van der Waals surface area contributed by atoms with E-state index in [9.17, 15) is 9.59 Å². The first-order valence-corrected chi connectivity index (χ1v) is 11.2. The van der Waals surface area contributed by atoms with E-state index in [1.54, 1.807) is 42.5 Å². The maximum atomic E-state index is 12.4. The van der Waals surface area contributed by atoms with Crippen LogP contribution in [0.3, 0.4) is 0 Å². The molecule has 4 rings (SSSR count). The average molecular weight is 456 g/mol. The molecule has 0 atom stereocenters. The number of amides is 3. The fourth-order valence-electron chi connectivity index (χ4n) is 3.70. The predicted octanol–water partition coefficient (Wildman–Crippen LogP) is 5.17. The summed E-state index contributed by atoms with van der Waals surface area (Å²) in [5.41, 5.74) is 2.06. The molecule has 3 amide bonds. The number of ether oxygens (including phenoxy) is 2. The van der Waals surface area contributed by atoms with Gasteiger partial charge in [0, 0.05) is 30.5 Å². The van der Waals surface area contributed by atoms with Gasteiger partial charge in [-0.05, 0) is 60.9 Å². The molecule has 32 heavy (non-hydrogen) atoms. The normalized spacial score (nSPS) is 15.8. The van der Waals surface area contributed by atoms with E-state index in [4.69, 9.17) is 21.1 Å². The van der Waals surface area contributed by atoms with Crippen LogP contribution in [0.1, 0.15) is 31.2 Å². The van der Waals surface area contributed by atoms with Crippen LogP contribution in [0.2, 0.25) is 5.02 Å². The van der Waals surface area contributed by atoms with E-state index in [1.165, 1.54) is 18.9 Å². The fourth-order valence-corrected chi connectivity index (χ4v) is 3.97. The van der Waals surface area contributed by atoms with Crippen molar-refractivity contribution in [2.24, 2.45) is 0 Å². The average Bonchev–Trinajstić information content (AvgIpc) is 3.09. The van der Waals surface area contributed by atoms with E-state index < -0.39 is 0 Å². The fraction of sp³-hybridized carbons (Fsp3) is 0.333. The molecule has 7 nitrogen and oxygen atoms in total. The summed E-state index contributed by atoms with van der Waals surface area (Å²) < 4.78 is 11.1. The van der Waals surface area contributed by atoms with Crippen LogP contribution < -0.4 is 20.1 Å². The van der Waals surface area contributed by atoms with Crippen LogP contribution in [0.25, 0.3) is 6.08 Å². The summed E-state index contributed by atoms with van der Waals surface area (Å²) in [5, 5.41) is 6.17. The third-order valence-corrected chi connectivity index (χ3v) is 5.62. The van der Waals surface area contributed by atoms with Gasteiger partial charge < -0.3 is 25.0 Å². The lowest BCUT2D eigenvalue weighted by atomic mass is 10.1. The largest absolute Gasteiger partial charge is 0.486 e. The van der Waals surface area contributed by atoms with Gasteiger partial charge in [0.05, 0.1) is 5.02 Å². The summed E-state index contributed by atoms with van der Waals surface area (Å²) >= 11 is 6.23. The number of nitrogens with one attached hydrogen (secondary N) is 2. The van der Waals surface area contributed by atoms with Crippen molar-refractivity contribution in [3.8, 4) is 11.5 Å². The Labute approximate surface area is 192 Å². The minimum atomic E-state index is -0.280. The first kappa shape index (κ1) is 22.0.